The second kappa shape index (κ2) is 11.4. The Kier molecular flexibility index (Phi) is 8.07. The van der Waals surface area contributed by atoms with Crippen LogP contribution in [-0.4, -0.2) is 55.4 Å². The van der Waals surface area contributed by atoms with E-state index < -0.39 is 11.7 Å². The minimum Gasteiger partial charge on any atom is -0.492 e. The van der Waals surface area contributed by atoms with Gasteiger partial charge in [-0.15, -0.1) is 0 Å². The van der Waals surface area contributed by atoms with Crippen LogP contribution in [0.4, 0.5) is 24.7 Å². The second-order valence-electron chi connectivity index (χ2n) is 8.54. The molecule has 2 aromatic carbocycles. The van der Waals surface area contributed by atoms with Gasteiger partial charge in [0.25, 0.3) is 0 Å². The van der Waals surface area contributed by atoms with Crippen molar-refractivity contribution in [2.75, 3.05) is 50.4 Å². The lowest BCUT2D eigenvalue weighted by molar-refractivity contribution is -0.138. The van der Waals surface area contributed by atoms with Crippen molar-refractivity contribution in [1.29, 1.82) is 5.41 Å². The molecule has 0 unspecified atom stereocenters. The molecule has 10 heteroatoms. The fraction of sp³-hybridized carbons (Fsp3) is 0.308. The molecule has 0 aliphatic carbocycles. The molecule has 0 bridgehead atoms. The van der Waals surface area contributed by atoms with E-state index >= 15 is 0 Å². The van der Waals surface area contributed by atoms with Crippen LogP contribution in [0.5, 0.6) is 5.75 Å². The maximum Gasteiger partial charge on any atom is 0.416 e. The number of aromatic nitrogens is 1. The number of halogens is 3. The molecule has 3 aromatic rings. The molecule has 0 spiro atoms. The topological polar surface area (TPSA) is 99.3 Å². The Balaban J connectivity index is 1.32. The Bertz CT molecular complexity index is 1180. The minimum atomic E-state index is -4.42. The van der Waals surface area contributed by atoms with E-state index in [0.717, 1.165) is 43.5 Å². The van der Waals surface area contributed by atoms with Crippen molar-refractivity contribution >= 4 is 17.7 Å². The monoisotopic (exact) mass is 498 g/mol. The number of piperazine rings is 1. The maximum absolute atomic E-state index is 13.7. The number of nitrogens with two attached hydrogens (primary N) is 1. The Morgan fingerprint density at radius 2 is 1.83 bits per heavy atom. The van der Waals surface area contributed by atoms with E-state index in [-0.39, 0.29) is 18.7 Å². The van der Waals surface area contributed by atoms with Gasteiger partial charge in [0.15, 0.2) is 0 Å². The van der Waals surface area contributed by atoms with E-state index in [0.29, 0.717) is 29.4 Å². The SMILES string of the molecule is N=Cc1cc(-c2ccc(OCCNc3ccc(CN4CCNCC4)c(C(F)(F)F)c3)cc2)cnc1N. The Labute approximate surface area is 208 Å². The van der Waals surface area contributed by atoms with Gasteiger partial charge in [-0.1, -0.05) is 18.2 Å². The highest BCUT2D eigenvalue weighted by molar-refractivity contribution is 5.85. The first-order valence-corrected chi connectivity index (χ1v) is 11.7. The number of pyridine rings is 1. The highest BCUT2D eigenvalue weighted by Crippen LogP contribution is 2.34. The fourth-order valence-corrected chi connectivity index (χ4v) is 4.07. The zero-order valence-electron chi connectivity index (χ0n) is 19.7. The summed E-state index contributed by atoms with van der Waals surface area (Å²) in [6.07, 6.45) is -1.61. The minimum absolute atomic E-state index is 0.282. The molecule has 1 aliphatic rings. The first-order valence-electron chi connectivity index (χ1n) is 11.7. The van der Waals surface area contributed by atoms with Gasteiger partial charge in [-0.2, -0.15) is 13.2 Å². The van der Waals surface area contributed by atoms with Crippen LogP contribution in [0.15, 0.2) is 54.7 Å². The maximum atomic E-state index is 13.7. The summed E-state index contributed by atoms with van der Waals surface area (Å²) in [5.41, 5.74) is 8.10. The number of ether oxygens (including phenoxy) is 1. The molecule has 0 atom stereocenters. The summed E-state index contributed by atoms with van der Waals surface area (Å²) < 4.78 is 46.9. The average Bonchev–Trinajstić information content (AvgIpc) is 2.88. The Hall–Kier alpha value is -3.63. The van der Waals surface area contributed by atoms with E-state index in [2.05, 4.69) is 15.6 Å². The largest absolute Gasteiger partial charge is 0.492 e. The molecule has 190 valence electrons. The first kappa shape index (κ1) is 25.5. The number of alkyl halides is 3. The standard InChI is InChI=1S/C26H29F3N6O/c27-26(28,29)24-14-22(4-1-19(24)17-35-10-7-32-8-11-35)33-9-12-36-23-5-2-18(3-6-23)21-13-20(15-30)25(31)34-16-21/h1-6,13-16,30,32-33H,7-12,17H2,(H2,31,34). The average molecular weight is 499 g/mol. The van der Waals surface area contributed by atoms with Crippen LogP contribution in [0.2, 0.25) is 0 Å². The van der Waals surface area contributed by atoms with Crippen molar-refractivity contribution in [2.24, 2.45) is 0 Å². The number of rotatable bonds is 9. The molecule has 0 amide bonds. The molecule has 1 aromatic heterocycles. The normalized spacial score (nSPS) is 14.4. The molecular formula is C26H29F3N6O. The lowest BCUT2D eigenvalue weighted by Crippen LogP contribution is -2.43. The number of nitrogens with zero attached hydrogens (tertiary/aromatic N) is 2. The predicted octanol–water partition coefficient (Wildman–Crippen LogP) is 4.24. The van der Waals surface area contributed by atoms with Crippen LogP contribution < -0.4 is 21.1 Å². The summed E-state index contributed by atoms with van der Waals surface area (Å²) in [5.74, 6) is 0.941. The number of nitrogens with one attached hydrogen (secondary N) is 3. The molecule has 1 fully saturated rings. The van der Waals surface area contributed by atoms with E-state index in [9.17, 15) is 13.2 Å². The van der Waals surface area contributed by atoms with Gasteiger partial charge < -0.3 is 26.5 Å². The van der Waals surface area contributed by atoms with Crippen molar-refractivity contribution in [3.63, 3.8) is 0 Å². The number of nitrogen functional groups attached to an aromatic ring is 1. The Morgan fingerprint density at radius 1 is 1.08 bits per heavy atom. The molecule has 5 N–H and O–H groups in total. The molecule has 0 radical (unpaired) electrons. The lowest BCUT2D eigenvalue weighted by atomic mass is 10.0. The van der Waals surface area contributed by atoms with Crippen LogP contribution >= 0.6 is 0 Å². The third-order valence-electron chi connectivity index (χ3n) is 6.01. The van der Waals surface area contributed by atoms with E-state index in [1.54, 1.807) is 24.4 Å². The lowest BCUT2D eigenvalue weighted by Gasteiger charge is -2.28. The molecule has 1 aliphatic heterocycles. The van der Waals surface area contributed by atoms with E-state index in [4.69, 9.17) is 15.9 Å². The molecule has 4 rings (SSSR count). The third kappa shape index (κ3) is 6.52. The summed E-state index contributed by atoms with van der Waals surface area (Å²) in [4.78, 5) is 6.14. The first-order chi connectivity index (χ1) is 17.3. The van der Waals surface area contributed by atoms with Crippen molar-refractivity contribution < 1.29 is 17.9 Å². The molecule has 36 heavy (non-hydrogen) atoms. The summed E-state index contributed by atoms with van der Waals surface area (Å²) in [6, 6.07) is 13.6. The fourth-order valence-electron chi connectivity index (χ4n) is 4.07. The molecule has 0 saturated carbocycles. The summed E-state index contributed by atoms with van der Waals surface area (Å²) in [7, 11) is 0. The van der Waals surface area contributed by atoms with Crippen LogP contribution in [0.1, 0.15) is 16.7 Å². The van der Waals surface area contributed by atoms with Gasteiger partial charge in [-0.05, 0) is 41.5 Å². The van der Waals surface area contributed by atoms with Gasteiger partial charge in [-0.25, -0.2) is 4.98 Å². The van der Waals surface area contributed by atoms with E-state index in [1.807, 2.05) is 29.2 Å². The van der Waals surface area contributed by atoms with Crippen molar-refractivity contribution in [1.82, 2.24) is 15.2 Å². The van der Waals surface area contributed by atoms with Gasteiger partial charge in [-0.3, -0.25) is 4.90 Å². The second-order valence-corrected chi connectivity index (χ2v) is 8.54. The van der Waals surface area contributed by atoms with Crippen LogP contribution in [0.25, 0.3) is 11.1 Å². The molecular weight excluding hydrogens is 469 g/mol. The molecule has 1 saturated heterocycles. The van der Waals surface area contributed by atoms with Gasteiger partial charge >= 0.3 is 6.18 Å². The number of hydrogen-bond donors (Lipinski definition) is 4. The summed E-state index contributed by atoms with van der Waals surface area (Å²) >= 11 is 0. The highest BCUT2D eigenvalue weighted by Gasteiger charge is 2.34. The van der Waals surface area contributed by atoms with Crippen LogP contribution in [0.3, 0.4) is 0 Å². The number of hydrogen-bond acceptors (Lipinski definition) is 7. The molecule has 7 nitrogen and oxygen atoms in total. The van der Waals surface area contributed by atoms with Gasteiger partial charge in [0, 0.05) is 68.5 Å². The zero-order valence-corrected chi connectivity index (χ0v) is 19.7. The Morgan fingerprint density at radius 3 is 2.53 bits per heavy atom. The smallest absolute Gasteiger partial charge is 0.416 e. The van der Waals surface area contributed by atoms with Gasteiger partial charge in [0.1, 0.15) is 18.2 Å². The predicted molar refractivity (Wildman–Crippen MR) is 136 cm³/mol. The quantitative estimate of drug-likeness (QED) is 0.260. The van der Waals surface area contributed by atoms with Crippen molar-refractivity contribution in [3.8, 4) is 16.9 Å². The number of benzene rings is 2. The summed E-state index contributed by atoms with van der Waals surface area (Å²) in [6.45, 7) is 3.95. The van der Waals surface area contributed by atoms with Crippen molar-refractivity contribution in [2.45, 2.75) is 12.7 Å². The van der Waals surface area contributed by atoms with Crippen molar-refractivity contribution in [3.05, 3.63) is 71.4 Å². The highest BCUT2D eigenvalue weighted by atomic mass is 19.4. The molecule has 2 heterocycles. The van der Waals surface area contributed by atoms with Crippen LogP contribution in [0, 0.1) is 5.41 Å². The third-order valence-corrected chi connectivity index (χ3v) is 6.01. The van der Waals surface area contributed by atoms with E-state index in [1.165, 1.54) is 6.07 Å². The van der Waals surface area contributed by atoms with Gasteiger partial charge in [0.05, 0.1) is 5.56 Å². The summed E-state index contributed by atoms with van der Waals surface area (Å²) in [5, 5.41) is 13.6. The van der Waals surface area contributed by atoms with Gasteiger partial charge in [0.2, 0.25) is 0 Å². The zero-order chi connectivity index (χ0) is 25.5. The number of anilines is 2. The van der Waals surface area contributed by atoms with Crippen LogP contribution in [-0.2, 0) is 12.7 Å².